The predicted octanol–water partition coefficient (Wildman–Crippen LogP) is 3.02. The van der Waals surface area contributed by atoms with Crippen molar-refractivity contribution in [3.05, 3.63) is 17.9 Å². The Kier molecular flexibility index (Phi) is 5.32. The van der Waals surface area contributed by atoms with Crippen molar-refractivity contribution < 1.29 is 13.9 Å². The summed E-state index contributed by atoms with van der Waals surface area (Å²) in [7, 11) is 0. The van der Waals surface area contributed by atoms with Gasteiger partial charge >= 0.3 is 5.97 Å². The summed E-state index contributed by atoms with van der Waals surface area (Å²) in [5.74, 6) is 1.68. The van der Waals surface area contributed by atoms with E-state index in [1.807, 2.05) is 26.0 Å². The van der Waals surface area contributed by atoms with Crippen LogP contribution in [0.2, 0.25) is 0 Å². The van der Waals surface area contributed by atoms with Crippen molar-refractivity contribution in [1.29, 1.82) is 0 Å². The van der Waals surface area contributed by atoms with Crippen molar-refractivity contribution in [3.8, 4) is 0 Å². The highest BCUT2D eigenvalue weighted by Gasteiger charge is 2.03. The average molecular weight is 228 g/mol. The van der Waals surface area contributed by atoms with Crippen LogP contribution in [0.25, 0.3) is 0 Å². The standard InChI is InChI=1S/C11H16O3S/c1-3-13-10(12)5-4-8-15-11-7-6-9(2)14-11/h6-7H,3-5,8H2,1-2H3. The lowest BCUT2D eigenvalue weighted by molar-refractivity contribution is -0.143. The number of furan rings is 1. The molecule has 0 amide bonds. The third-order valence-corrected chi connectivity index (χ3v) is 2.79. The quantitative estimate of drug-likeness (QED) is 0.426. The van der Waals surface area contributed by atoms with Crippen LogP contribution >= 0.6 is 11.8 Å². The minimum absolute atomic E-state index is 0.117. The number of hydrogen-bond acceptors (Lipinski definition) is 4. The molecule has 0 N–H and O–H groups in total. The summed E-state index contributed by atoms with van der Waals surface area (Å²) < 4.78 is 10.2. The van der Waals surface area contributed by atoms with Crippen LogP contribution in [-0.2, 0) is 9.53 Å². The minimum Gasteiger partial charge on any atom is -0.466 e. The molecule has 1 aromatic heterocycles. The SMILES string of the molecule is CCOC(=O)CCCSc1ccc(C)o1. The second-order valence-electron chi connectivity index (χ2n) is 3.12. The number of carbonyl (C=O) groups excluding carboxylic acids is 1. The molecule has 0 aliphatic heterocycles. The second kappa shape index (κ2) is 6.56. The van der Waals surface area contributed by atoms with Gasteiger partial charge in [0, 0.05) is 12.2 Å². The van der Waals surface area contributed by atoms with Crippen molar-refractivity contribution in [2.24, 2.45) is 0 Å². The van der Waals surface area contributed by atoms with Crippen LogP contribution in [0.5, 0.6) is 0 Å². The van der Waals surface area contributed by atoms with Crippen LogP contribution in [0.1, 0.15) is 25.5 Å². The molecule has 0 radical (unpaired) electrons. The number of ether oxygens (including phenoxy) is 1. The van der Waals surface area contributed by atoms with Crippen LogP contribution in [-0.4, -0.2) is 18.3 Å². The van der Waals surface area contributed by atoms with E-state index in [9.17, 15) is 4.79 Å². The lowest BCUT2D eigenvalue weighted by Gasteiger charge is -2.00. The van der Waals surface area contributed by atoms with Gasteiger partial charge in [0.15, 0.2) is 5.09 Å². The van der Waals surface area contributed by atoms with Crippen LogP contribution in [0.3, 0.4) is 0 Å². The largest absolute Gasteiger partial charge is 0.466 e. The molecule has 0 aromatic carbocycles. The summed E-state index contributed by atoms with van der Waals surface area (Å²) in [6.45, 7) is 4.20. The van der Waals surface area contributed by atoms with E-state index < -0.39 is 0 Å². The fourth-order valence-corrected chi connectivity index (χ4v) is 1.96. The Bertz CT molecular complexity index is 307. The zero-order chi connectivity index (χ0) is 11.1. The molecule has 0 spiro atoms. The maximum Gasteiger partial charge on any atom is 0.305 e. The van der Waals surface area contributed by atoms with Crippen LogP contribution < -0.4 is 0 Å². The van der Waals surface area contributed by atoms with E-state index in [-0.39, 0.29) is 5.97 Å². The van der Waals surface area contributed by atoms with Gasteiger partial charge in [0.2, 0.25) is 0 Å². The van der Waals surface area contributed by atoms with Crippen molar-refractivity contribution in [2.75, 3.05) is 12.4 Å². The number of aryl methyl sites for hydroxylation is 1. The fourth-order valence-electron chi connectivity index (χ4n) is 1.11. The molecule has 0 saturated heterocycles. The molecular formula is C11H16O3S. The third-order valence-electron chi connectivity index (χ3n) is 1.79. The van der Waals surface area contributed by atoms with Gasteiger partial charge in [0.1, 0.15) is 5.76 Å². The van der Waals surface area contributed by atoms with Gasteiger partial charge in [-0.05, 0) is 32.4 Å². The Balaban J connectivity index is 2.09. The van der Waals surface area contributed by atoms with Crippen molar-refractivity contribution >= 4 is 17.7 Å². The molecule has 15 heavy (non-hydrogen) atoms. The van der Waals surface area contributed by atoms with Gasteiger partial charge in [-0.3, -0.25) is 4.79 Å². The lowest BCUT2D eigenvalue weighted by Crippen LogP contribution is -2.03. The molecule has 0 fully saturated rings. The summed E-state index contributed by atoms with van der Waals surface area (Å²) in [6, 6.07) is 3.89. The number of hydrogen-bond donors (Lipinski definition) is 0. The van der Waals surface area contributed by atoms with Crippen LogP contribution in [0.4, 0.5) is 0 Å². The first-order valence-corrected chi connectivity index (χ1v) is 6.05. The first-order valence-electron chi connectivity index (χ1n) is 5.07. The van der Waals surface area contributed by atoms with Gasteiger partial charge in [0.05, 0.1) is 6.61 Å². The Morgan fingerprint density at radius 2 is 2.33 bits per heavy atom. The summed E-state index contributed by atoms with van der Waals surface area (Å²) in [6.07, 6.45) is 1.31. The van der Waals surface area contributed by atoms with Crippen LogP contribution in [0.15, 0.2) is 21.6 Å². The monoisotopic (exact) mass is 228 g/mol. The highest BCUT2D eigenvalue weighted by Crippen LogP contribution is 2.21. The summed E-state index contributed by atoms with van der Waals surface area (Å²) >= 11 is 1.63. The molecule has 0 atom stereocenters. The molecule has 0 aliphatic rings. The van der Waals surface area contributed by atoms with Gasteiger partial charge < -0.3 is 9.15 Å². The van der Waals surface area contributed by atoms with E-state index in [4.69, 9.17) is 9.15 Å². The highest BCUT2D eigenvalue weighted by atomic mass is 32.2. The maximum absolute atomic E-state index is 11.0. The molecule has 0 saturated carbocycles. The second-order valence-corrected chi connectivity index (χ2v) is 4.22. The number of esters is 1. The van der Waals surface area contributed by atoms with E-state index in [0.717, 1.165) is 23.0 Å². The molecule has 84 valence electrons. The minimum atomic E-state index is -0.117. The first-order chi connectivity index (χ1) is 7.22. The first kappa shape index (κ1) is 12.2. The van der Waals surface area contributed by atoms with Gasteiger partial charge in [-0.2, -0.15) is 0 Å². The summed E-state index contributed by atoms with van der Waals surface area (Å²) in [5.41, 5.74) is 0. The van der Waals surface area contributed by atoms with E-state index in [1.54, 1.807) is 11.8 Å². The zero-order valence-electron chi connectivity index (χ0n) is 9.12. The molecule has 1 rings (SSSR count). The Labute approximate surface area is 94.2 Å². The van der Waals surface area contributed by atoms with Gasteiger partial charge in [-0.15, -0.1) is 0 Å². The molecule has 0 unspecified atom stereocenters. The highest BCUT2D eigenvalue weighted by molar-refractivity contribution is 7.99. The van der Waals surface area contributed by atoms with Gasteiger partial charge in [-0.25, -0.2) is 0 Å². The predicted molar refractivity (Wildman–Crippen MR) is 60.0 cm³/mol. The topological polar surface area (TPSA) is 39.4 Å². The van der Waals surface area contributed by atoms with E-state index in [0.29, 0.717) is 13.0 Å². The van der Waals surface area contributed by atoms with Crippen LogP contribution in [0, 0.1) is 6.92 Å². The zero-order valence-corrected chi connectivity index (χ0v) is 9.93. The third kappa shape index (κ3) is 4.93. The molecular weight excluding hydrogens is 212 g/mol. The average Bonchev–Trinajstić information content (AvgIpc) is 2.60. The summed E-state index contributed by atoms with van der Waals surface area (Å²) in [4.78, 5) is 11.0. The Morgan fingerprint density at radius 1 is 1.53 bits per heavy atom. The Hall–Kier alpha value is -0.900. The smallest absolute Gasteiger partial charge is 0.305 e. The lowest BCUT2D eigenvalue weighted by atomic mass is 10.3. The molecule has 0 bridgehead atoms. The molecule has 1 heterocycles. The Morgan fingerprint density at radius 3 is 2.93 bits per heavy atom. The van der Waals surface area contributed by atoms with Crippen molar-refractivity contribution in [3.63, 3.8) is 0 Å². The van der Waals surface area contributed by atoms with Crippen molar-refractivity contribution in [1.82, 2.24) is 0 Å². The van der Waals surface area contributed by atoms with Gasteiger partial charge in [-0.1, -0.05) is 11.8 Å². The number of rotatable bonds is 6. The normalized spacial score (nSPS) is 10.3. The fraction of sp³-hybridized carbons (Fsp3) is 0.545. The molecule has 3 nitrogen and oxygen atoms in total. The molecule has 1 aromatic rings. The van der Waals surface area contributed by atoms with E-state index in [1.165, 1.54) is 0 Å². The van der Waals surface area contributed by atoms with E-state index in [2.05, 4.69) is 0 Å². The maximum atomic E-state index is 11.0. The van der Waals surface area contributed by atoms with Crippen molar-refractivity contribution in [2.45, 2.75) is 31.8 Å². The molecule has 4 heteroatoms. The molecule has 0 aliphatic carbocycles. The summed E-state index contributed by atoms with van der Waals surface area (Å²) in [5, 5.41) is 0.913. The van der Waals surface area contributed by atoms with Gasteiger partial charge in [0.25, 0.3) is 0 Å². The number of carbonyl (C=O) groups is 1. The van der Waals surface area contributed by atoms with E-state index >= 15 is 0 Å². The number of thioether (sulfide) groups is 1.